The van der Waals surface area contributed by atoms with Crippen molar-refractivity contribution in [3.8, 4) is 0 Å². The third-order valence-corrected chi connectivity index (χ3v) is 0.975. The Labute approximate surface area is 51.7 Å². The highest BCUT2D eigenvalue weighted by Gasteiger charge is 1.92. The predicted molar refractivity (Wildman–Crippen MR) is 32.7 cm³/mol. The Balaban J connectivity index is 3.16. The topological polar surface area (TPSA) is 71.8 Å². The van der Waals surface area contributed by atoms with Crippen LogP contribution in [0.25, 0.3) is 0 Å². The summed E-state index contributed by atoms with van der Waals surface area (Å²) in [4.78, 5) is 16.8. The summed E-state index contributed by atoms with van der Waals surface area (Å²) in [5, 5.41) is 0. The van der Waals surface area contributed by atoms with E-state index < -0.39 is 0 Å². The summed E-state index contributed by atoms with van der Waals surface area (Å²) in [6.45, 7) is 0.191. The number of aromatic amines is 1. The van der Waals surface area contributed by atoms with Crippen LogP contribution in [0, 0.1) is 0 Å². The van der Waals surface area contributed by atoms with Crippen molar-refractivity contribution in [2.24, 2.45) is 5.73 Å². The molecule has 1 heterocycles. The van der Waals surface area contributed by atoms with Crippen molar-refractivity contribution in [1.29, 1.82) is 0 Å². The van der Waals surface area contributed by atoms with Gasteiger partial charge in [-0.2, -0.15) is 0 Å². The Morgan fingerprint density at radius 3 is 3.00 bits per heavy atom. The molecule has 1 rings (SSSR count). The fourth-order valence-electron chi connectivity index (χ4n) is 0.528. The molecule has 0 saturated carbocycles. The van der Waals surface area contributed by atoms with Crippen LogP contribution in [0.3, 0.4) is 0 Å². The highest BCUT2D eigenvalue weighted by Crippen LogP contribution is 1.75. The van der Waals surface area contributed by atoms with Gasteiger partial charge in [0.1, 0.15) is 5.69 Å². The molecule has 4 nitrogen and oxygen atoms in total. The number of H-pyrrole nitrogens is 1. The number of hydrogen-bond donors (Lipinski definition) is 2. The Morgan fingerprint density at radius 1 is 1.78 bits per heavy atom. The number of aromatic nitrogens is 2. The molecule has 1 aromatic heterocycles. The minimum atomic E-state index is -0.208. The SMILES string of the molecule is NCc1ncc[nH]c1=O. The van der Waals surface area contributed by atoms with Crippen LogP contribution in [0.4, 0.5) is 0 Å². The maximum absolute atomic E-state index is 10.7. The van der Waals surface area contributed by atoms with Crippen molar-refractivity contribution >= 4 is 0 Å². The predicted octanol–water partition coefficient (Wildman–Crippen LogP) is -0.771. The monoisotopic (exact) mass is 125 g/mol. The quantitative estimate of drug-likeness (QED) is 0.517. The van der Waals surface area contributed by atoms with Crippen molar-refractivity contribution in [3.05, 3.63) is 28.4 Å². The van der Waals surface area contributed by atoms with E-state index in [9.17, 15) is 4.79 Å². The average molecular weight is 125 g/mol. The lowest BCUT2D eigenvalue weighted by atomic mass is 10.4. The molecule has 48 valence electrons. The van der Waals surface area contributed by atoms with Crippen LogP contribution >= 0.6 is 0 Å². The molecule has 0 amide bonds. The highest BCUT2D eigenvalue weighted by atomic mass is 16.1. The Morgan fingerprint density at radius 2 is 2.56 bits per heavy atom. The van der Waals surface area contributed by atoms with E-state index in [1.807, 2.05) is 0 Å². The summed E-state index contributed by atoms with van der Waals surface area (Å²) >= 11 is 0. The van der Waals surface area contributed by atoms with Crippen LogP contribution in [0.5, 0.6) is 0 Å². The molecular formula is C5H7N3O. The van der Waals surface area contributed by atoms with Crippen LogP contribution in [0.15, 0.2) is 17.2 Å². The second-order valence-corrected chi connectivity index (χ2v) is 1.57. The van der Waals surface area contributed by atoms with Gasteiger partial charge in [0.15, 0.2) is 0 Å². The minimum Gasteiger partial charge on any atom is -0.326 e. The zero-order chi connectivity index (χ0) is 6.69. The van der Waals surface area contributed by atoms with Crippen molar-refractivity contribution < 1.29 is 0 Å². The van der Waals surface area contributed by atoms with Gasteiger partial charge in [-0.1, -0.05) is 0 Å². The molecule has 9 heavy (non-hydrogen) atoms. The lowest BCUT2D eigenvalue weighted by Crippen LogP contribution is -2.16. The Kier molecular flexibility index (Phi) is 1.60. The van der Waals surface area contributed by atoms with Gasteiger partial charge in [0.2, 0.25) is 0 Å². The van der Waals surface area contributed by atoms with Crippen molar-refractivity contribution in [2.75, 3.05) is 0 Å². The van der Waals surface area contributed by atoms with Gasteiger partial charge in [0.05, 0.1) is 0 Å². The summed E-state index contributed by atoms with van der Waals surface area (Å²) in [7, 11) is 0. The molecule has 0 radical (unpaired) electrons. The van der Waals surface area contributed by atoms with Gasteiger partial charge >= 0.3 is 0 Å². The molecule has 0 bridgehead atoms. The van der Waals surface area contributed by atoms with Crippen molar-refractivity contribution in [1.82, 2.24) is 9.97 Å². The molecule has 0 spiro atoms. The van der Waals surface area contributed by atoms with Gasteiger partial charge in [-0.15, -0.1) is 0 Å². The smallest absolute Gasteiger partial charge is 0.270 e. The van der Waals surface area contributed by atoms with E-state index in [1.54, 1.807) is 0 Å². The number of nitrogens with one attached hydrogen (secondary N) is 1. The summed E-state index contributed by atoms with van der Waals surface area (Å²) in [5.74, 6) is 0. The van der Waals surface area contributed by atoms with E-state index in [0.29, 0.717) is 5.69 Å². The number of hydrogen-bond acceptors (Lipinski definition) is 3. The molecule has 0 fully saturated rings. The van der Waals surface area contributed by atoms with Crippen molar-refractivity contribution in [3.63, 3.8) is 0 Å². The minimum absolute atomic E-state index is 0.191. The lowest BCUT2D eigenvalue weighted by Gasteiger charge is -1.88. The lowest BCUT2D eigenvalue weighted by molar-refractivity contribution is 0.933. The molecule has 0 saturated heterocycles. The van der Waals surface area contributed by atoms with E-state index in [1.165, 1.54) is 12.4 Å². The van der Waals surface area contributed by atoms with E-state index >= 15 is 0 Å². The number of rotatable bonds is 1. The normalized spacial score (nSPS) is 9.44. The molecule has 0 aromatic carbocycles. The van der Waals surface area contributed by atoms with Gasteiger partial charge in [-0.05, 0) is 0 Å². The zero-order valence-corrected chi connectivity index (χ0v) is 4.79. The first-order chi connectivity index (χ1) is 4.34. The van der Waals surface area contributed by atoms with E-state index in [-0.39, 0.29) is 12.1 Å². The van der Waals surface area contributed by atoms with Gasteiger partial charge in [0.25, 0.3) is 5.56 Å². The first-order valence-corrected chi connectivity index (χ1v) is 2.57. The molecule has 0 aliphatic rings. The maximum atomic E-state index is 10.7. The molecule has 1 aromatic rings. The maximum Gasteiger partial charge on any atom is 0.270 e. The Hall–Kier alpha value is -1.16. The number of nitrogens with zero attached hydrogens (tertiary/aromatic N) is 1. The molecule has 0 aliphatic heterocycles. The standard InChI is InChI=1S/C5H7N3O/c6-3-4-5(9)8-2-1-7-4/h1-2H,3,6H2,(H,8,9). The van der Waals surface area contributed by atoms with Gasteiger partial charge < -0.3 is 10.7 Å². The molecule has 0 aliphatic carbocycles. The average Bonchev–Trinajstić information content (AvgIpc) is 1.89. The fraction of sp³-hybridized carbons (Fsp3) is 0.200. The van der Waals surface area contributed by atoms with Crippen LogP contribution in [-0.4, -0.2) is 9.97 Å². The highest BCUT2D eigenvalue weighted by molar-refractivity contribution is 4.93. The van der Waals surface area contributed by atoms with E-state index in [0.717, 1.165) is 0 Å². The second kappa shape index (κ2) is 2.41. The van der Waals surface area contributed by atoms with E-state index in [2.05, 4.69) is 9.97 Å². The largest absolute Gasteiger partial charge is 0.326 e. The molecular weight excluding hydrogens is 118 g/mol. The summed E-state index contributed by atoms with van der Waals surface area (Å²) in [6.07, 6.45) is 2.98. The van der Waals surface area contributed by atoms with E-state index in [4.69, 9.17) is 5.73 Å². The number of nitrogens with two attached hydrogens (primary N) is 1. The van der Waals surface area contributed by atoms with Gasteiger partial charge in [-0.3, -0.25) is 9.78 Å². The second-order valence-electron chi connectivity index (χ2n) is 1.57. The first-order valence-electron chi connectivity index (χ1n) is 2.57. The van der Waals surface area contributed by atoms with Gasteiger partial charge in [0, 0.05) is 18.9 Å². The summed E-state index contributed by atoms with van der Waals surface area (Å²) in [6, 6.07) is 0. The summed E-state index contributed by atoms with van der Waals surface area (Å²) in [5.41, 5.74) is 5.33. The van der Waals surface area contributed by atoms with Gasteiger partial charge in [-0.25, -0.2) is 0 Å². The van der Waals surface area contributed by atoms with Crippen LogP contribution in [0.1, 0.15) is 5.69 Å². The third-order valence-electron chi connectivity index (χ3n) is 0.975. The molecule has 0 atom stereocenters. The van der Waals surface area contributed by atoms with Crippen LogP contribution in [-0.2, 0) is 6.54 Å². The molecule has 3 N–H and O–H groups in total. The van der Waals surface area contributed by atoms with Crippen LogP contribution in [0.2, 0.25) is 0 Å². The molecule has 4 heteroatoms. The fourth-order valence-corrected chi connectivity index (χ4v) is 0.528. The van der Waals surface area contributed by atoms with Crippen LogP contribution < -0.4 is 11.3 Å². The Bertz CT molecular complexity index is 242. The zero-order valence-electron chi connectivity index (χ0n) is 4.79. The first kappa shape index (κ1) is 5.97. The molecule has 0 unspecified atom stereocenters. The third kappa shape index (κ3) is 1.14. The summed E-state index contributed by atoms with van der Waals surface area (Å²) < 4.78 is 0. The van der Waals surface area contributed by atoms with Crippen molar-refractivity contribution in [2.45, 2.75) is 6.54 Å².